The highest BCUT2D eigenvalue weighted by atomic mass is 19.1. The van der Waals surface area contributed by atoms with Gasteiger partial charge in [-0.1, -0.05) is 36.4 Å². The van der Waals surface area contributed by atoms with E-state index in [0.29, 0.717) is 13.0 Å². The highest BCUT2D eigenvalue weighted by Crippen LogP contribution is 2.37. The SMILES string of the molecule is COCc1ccccc1C1=CC(=O)C[C@H](c2ccc(F)cc2)C1. The fraction of sp³-hybridized carbons (Fsp3) is 0.250. The highest BCUT2D eigenvalue weighted by Gasteiger charge is 2.24. The molecule has 0 amide bonds. The standard InChI is InChI=1S/C20H19FO2/c1-23-13-15-4-2-3-5-20(15)17-10-16(11-19(22)12-17)14-6-8-18(21)9-7-14/h2-9,12,16H,10-11,13H2,1H3/t16-/m1/s1. The Morgan fingerprint density at radius 3 is 2.57 bits per heavy atom. The first-order valence-corrected chi connectivity index (χ1v) is 7.73. The van der Waals surface area contributed by atoms with E-state index in [-0.39, 0.29) is 17.5 Å². The van der Waals surface area contributed by atoms with E-state index in [1.54, 1.807) is 25.3 Å². The van der Waals surface area contributed by atoms with Crippen molar-refractivity contribution in [2.75, 3.05) is 7.11 Å². The zero-order valence-corrected chi connectivity index (χ0v) is 13.1. The Balaban J connectivity index is 1.91. The number of ether oxygens (including phenoxy) is 1. The van der Waals surface area contributed by atoms with Crippen molar-refractivity contribution < 1.29 is 13.9 Å². The molecule has 2 nitrogen and oxygen atoms in total. The van der Waals surface area contributed by atoms with E-state index in [2.05, 4.69) is 0 Å². The topological polar surface area (TPSA) is 26.3 Å². The number of benzene rings is 2. The van der Waals surface area contributed by atoms with Crippen LogP contribution in [-0.4, -0.2) is 12.9 Å². The quantitative estimate of drug-likeness (QED) is 0.831. The molecule has 3 rings (SSSR count). The lowest BCUT2D eigenvalue weighted by atomic mass is 9.80. The minimum absolute atomic E-state index is 0.0960. The number of carbonyl (C=O) groups excluding carboxylic acids is 1. The van der Waals surface area contributed by atoms with E-state index in [0.717, 1.165) is 28.7 Å². The average molecular weight is 310 g/mol. The van der Waals surface area contributed by atoms with Gasteiger partial charge in [-0.25, -0.2) is 4.39 Å². The van der Waals surface area contributed by atoms with Crippen molar-refractivity contribution in [1.29, 1.82) is 0 Å². The molecule has 0 fully saturated rings. The van der Waals surface area contributed by atoms with E-state index in [1.165, 1.54) is 12.1 Å². The van der Waals surface area contributed by atoms with Crippen molar-refractivity contribution >= 4 is 11.4 Å². The highest BCUT2D eigenvalue weighted by molar-refractivity contribution is 5.99. The first kappa shape index (κ1) is 15.6. The fourth-order valence-corrected chi connectivity index (χ4v) is 3.17. The molecule has 0 aromatic heterocycles. The van der Waals surface area contributed by atoms with Crippen LogP contribution in [0.2, 0.25) is 0 Å². The number of hydrogen-bond donors (Lipinski definition) is 0. The largest absolute Gasteiger partial charge is 0.380 e. The summed E-state index contributed by atoms with van der Waals surface area (Å²) in [5, 5.41) is 0. The van der Waals surface area contributed by atoms with Gasteiger partial charge in [-0.05, 0) is 52.8 Å². The molecule has 0 heterocycles. The van der Waals surface area contributed by atoms with E-state index in [9.17, 15) is 9.18 Å². The lowest BCUT2D eigenvalue weighted by Gasteiger charge is -2.24. The molecule has 0 saturated heterocycles. The number of rotatable bonds is 4. The summed E-state index contributed by atoms with van der Waals surface area (Å²) in [6.07, 6.45) is 2.99. The molecular weight excluding hydrogens is 291 g/mol. The number of hydrogen-bond acceptors (Lipinski definition) is 2. The van der Waals surface area contributed by atoms with Gasteiger partial charge < -0.3 is 4.74 Å². The van der Waals surface area contributed by atoms with Crippen LogP contribution in [0.3, 0.4) is 0 Å². The van der Waals surface area contributed by atoms with Crippen LogP contribution in [0.15, 0.2) is 54.6 Å². The summed E-state index contributed by atoms with van der Waals surface area (Å²) >= 11 is 0. The maximum absolute atomic E-state index is 13.1. The summed E-state index contributed by atoms with van der Waals surface area (Å²) in [5.74, 6) is -0.0383. The molecule has 0 saturated carbocycles. The van der Waals surface area contributed by atoms with Gasteiger partial charge in [0.1, 0.15) is 5.82 Å². The second-order valence-corrected chi connectivity index (χ2v) is 5.88. The van der Waals surface area contributed by atoms with Crippen LogP contribution in [0.5, 0.6) is 0 Å². The number of carbonyl (C=O) groups is 1. The van der Waals surface area contributed by atoms with Crippen LogP contribution in [0, 0.1) is 5.82 Å². The van der Waals surface area contributed by atoms with Crippen molar-refractivity contribution in [3.05, 3.63) is 77.1 Å². The van der Waals surface area contributed by atoms with Crippen molar-refractivity contribution in [2.45, 2.75) is 25.4 Å². The van der Waals surface area contributed by atoms with Crippen LogP contribution < -0.4 is 0 Å². The third kappa shape index (κ3) is 3.57. The smallest absolute Gasteiger partial charge is 0.156 e. The summed E-state index contributed by atoms with van der Waals surface area (Å²) in [6, 6.07) is 14.5. The van der Waals surface area contributed by atoms with E-state index in [4.69, 9.17) is 4.74 Å². The van der Waals surface area contributed by atoms with Gasteiger partial charge in [0.25, 0.3) is 0 Å². The molecule has 1 atom stereocenters. The van der Waals surface area contributed by atoms with Crippen LogP contribution >= 0.6 is 0 Å². The molecule has 1 aliphatic rings. The Morgan fingerprint density at radius 1 is 1.09 bits per heavy atom. The predicted molar refractivity (Wildman–Crippen MR) is 88.5 cm³/mol. The normalized spacial score (nSPS) is 17.9. The third-order valence-electron chi connectivity index (χ3n) is 4.25. The summed E-state index contributed by atoms with van der Waals surface area (Å²) in [7, 11) is 1.67. The average Bonchev–Trinajstić information content (AvgIpc) is 2.56. The van der Waals surface area contributed by atoms with Crippen LogP contribution in [0.4, 0.5) is 4.39 Å². The Bertz CT molecular complexity index is 732. The van der Waals surface area contributed by atoms with Gasteiger partial charge >= 0.3 is 0 Å². The number of halogens is 1. The molecule has 2 aromatic rings. The molecule has 1 aliphatic carbocycles. The molecule has 0 bridgehead atoms. The van der Waals surface area contributed by atoms with Crippen molar-refractivity contribution in [1.82, 2.24) is 0 Å². The van der Waals surface area contributed by atoms with Crippen molar-refractivity contribution in [2.24, 2.45) is 0 Å². The Labute approximate surface area is 135 Å². The molecule has 118 valence electrons. The van der Waals surface area contributed by atoms with Gasteiger partial charge in [-0.15, -0.1) is 0 Å². The summed E-state index contributed by atoms with van der Waals surface area (Å²) in [6.45, 7) is 0.517. The minimum atomic E-state index is -0.253. The molecule has 2 aromatic carbocycles. The van der Waals surface area contributed by atoms with Crippen LogP contribution in [0.1, 0.15) is 35.4 Å². The van der Waals surface area contributed by atoms with Crippen molar-refractivity contribution in [3.8, 4) is 0 Å². The van der Waals surface area contributed by atoms with E-state index < -0.39 is 0 Å². The molecule has 23 heavy (non-hydrogen) atoms. The minimum Gasteiger partial charge on any atom is -0.380 e. The molecule has 0 unspecified atom stereocenters. The lowest BCUT2D eigenvalue weighted by Crippen LogP contribution is -2.13. The van der Waals surface area contributed by atoms with Gasteiger partial charge in [0.2, 0.25) is 0 Å². The summed E-state index contributed by atoms with van der Waals surface area (Å²) in [4.78, 5) is 12.2. The van der Waals surface area contributed by atoms with Gasteiger partial charge in [-0.2, -0.15) is 0 Å². The van der Waals surface area contributed by atoms with Crippen LogP contribution in [-0.2, 0) is 16.1 Å². The zero-order chi connectivity index (χ0) is 16.2. The molecule has 3 heteroatoms. The second kappa shape index (κ2) is 6.88. The summed E-state index contributed by atoms with van der Waals surface area (Å²) in [5.41, 5.74) is 4.18. The third-order valence-corrected chi connectivity index (χ3v) is 4.25. The van der Waals surface area contributed by atoms with E-state index in [1.807, 2.05) is 24.3 Å². The molecule has 0 aliphatic heterocycles. The number of methoxy groups -OCH3 is 1. The first-order chi connectivity index (χ1) is 11.2. The summed E-state index contributed by atoms with van der Waals surface area (Å²) < 4.78 is 18.4. The molecule has 0 radical (unpaired) electrons. The van der Waals surface area contributed by atoms with Gasteiger partial charge in [-0.3, -0.25) is 4.79 Å². The van der Waals surface area contributed by atoms with E-state index >= 15 is 0 Å². The Hall–Kier alpha value is -2.26. The lowest BCUT2D eigenvalue weighted by molar-refractivity contribution is -0.115. The number of allylic oxidation sites excluding steroid dienone is 2. The monoisotopic (exact) mass is 310 g/mol. The number of ketones is 1. The van der Waals surface area contributed by atoms with Gasteiger partial charge in [0.15, 0.2) is 5.78 Å². The Kier molecular flexibility index (Phi) is 4.68. The van der Waals surface area contributed by atoms with Crippen LogP contribution in [0.25, 0.3) is 5.57 Å². The zero-order valence-electron chi connectivity index (χ0n) is 13.1. The molecule has 0 spiro atoms. The van der Waals surface area contributed by atoms with Gasteiger partial charge in [0, 0.05) is 13.5 Å². The van der Waals surface area contributed by atoms with Crippen molar-refractivity contribution in [3.63, 3.8) is 0 Å². The Morgan fingerprint density at radius 2 is 1.83 bits per heavy atom. The first-order valence-electron chi connectivity index (χ1n) is 7.73. The fourth-order valence-electron chi connectivity index (χ4n) is 3.17. The molecule has 0 N–H and O–H groups in total. The van der Waals surface area contributed by atoms with Gasteiger partial charge in [0.05, 0.1) is 6.61 Å². The molecular formula is C20H19FO2. The maximum atomic E-state index is 13.1. The maximum Gasteiger partial charge on any atom is 0.156 e. The predicted octanol–water partition coefficient (Wildman–Crippen LogP) is 4.50. The second-order valence-electron chi connectivity index (χ2n) is 5.88.